The third-order valence-corrected chi connectivity index (χ3v) is 3.97. The Balaban J connectivity index is 2.25. The lowest BCUT2D eigenvalue weighted by molar-refractivity contribution is 0.669. The molecule has 0 atom stereocenters. The molecular formula is C16H9IO. The van der Waals surface area contributed by atoms with Crippen LogP contribution < -0.4 is 0 Å². The number of hydrogen-bond acceptors (Lipinski definition) is 1. The van der Waals surface area contributed by atoms with Crippen molar-refractivity contribution in [1.29, 1.82) is 0 Å². The lowest BCUT2D eigenvalue weighted by Crippen LogP contribution is -1.73. The molecule has 2 heteroatoms. The zero-order valence-corrected chi connectivity index (χ0v) is 11.6. The second-order valence-electron chi connectivity index (χ2n) is 4.44. The highest BCUT2D eigenvalue weighted by Crippen LogP contribution is 2.32. The number of fused-ring (bicyclic) bond motifs is 4. The number of benzene rings is 3. The molecule has 0 N–H and O–H groups in total. The molecule has 4 aromatic rings. The molecule has 0 spiro atoms. The largest absolute Gasteiger partial charge is 0.456 e. The molecule has 0 aliphatic rings. The molecule has 3 aromatic carbocycles. The van der Waals surface area contributed by atoms with E-state index in [9.17, 15) is 0 Å². The van der Waals surface area contributed by atoms with E-state index in [2.05, 4.69) is 71.1 Å². The smallest absolute Gasteiger partial charge is 0.136 e. The summed E-state index contributed by atoms with van der Waals surface area (Å²) in [5.41, 5.74) is 1.92. The average Bonchev–Trinajstić information content (AvgIpc) is 2.73. The molecule has 0 fully saturated rings. The molecule has 0 amide bonds. The molecule has 1 nitrogen and oxygen atoms in total. The van der Waals surface area contributed by atoms with Crippen molar-refractivity contribution in [3.8, 4) is 0 Å². The van der Waals surface area contributed by atoms with Gasteiger partial charge in [0.05, 0.1) is 0 Å². The minimum Gasteiger partial charge on any atom is -0.456 e. The Kier molecular flexibility index (Phi) is 2.14. The van der Waals surface area contributed by atoms with Gasteiger partial charge in [-0.15, -0.1) is 0 Å². The van der Waals surface area contributed by atoms with Crippen LogP contribution in [0.25, 0.3) is 32.7 Å². The van der Waals surface area contributed by atoms with Gasteiger partial charge in [0.15, 0.2) is 0 Å². The van der Waals surface area contributed by atoms with E-state index in [1.807, 2.05) is 6.07 Å². The molecule has 0 radical (unpaired) electrons. The van der Waals surface area contributed by atoms with Gasteiger partial charge in [0.25, 0.3) is 0 Å². The average molecular weight is 344 g/mol. The topological polar surface area (TPSA) is 13.1 Å². The Morgan fingerprint density at radius 1 is 0.722 bits per heavy atom. The van der Waals surface area contributed by atoms with Crippen LogP contribution in [0.1, 0.15) is 0 Å². The summed E-state index contributed by atoms with van der Waals surface area (Å²) in [7, 11) is 0. The van der Waals surface area contributed by atoms with E-state index in [-0.39, 0.29) is 0 Å². The fraction of sp³-hybridized carbons (Fsp3) is 0. The summed E-state index contributed by atoms with van der Waals surface area (Å²) >= 11 is 2.33. The van der Waals surface area contributed by atoms with Gasteiger partial charge < -0.3 is 4.42 Å². The van der Waals surface area contributed by atoms with Crippen LogP contribution in [0.5, 0.6) is 0 Å². The maximum atomic E-state index is 5.91. The van der Waals surface area contributed by atoms with E-state index < -0.39 is 0 Å². The fourth-order valence-electron chi connectivity index (χ4n) is 2.43. The number of halogens is 1. The molecule has 0 saturated carbocycles. The SMILES string of the molecule is Ic1ccc2oc3cc4ccccc4cc3c2c1. The summed E-state index contributed by atoms with van der Waals surface area (Å²) in [6.07, 6.45) is 0. The third-order valence-electron chi connectivity index (χ3n) is 3.30. The van der Waals surface area contributed by atoms with Crippen molar-refractivity contribution in [1.82, 2.24) is 0 Å². The van der Waals surface area contributed by atoms with Crippen molar-refractivity contribution in [2.45, 2.75) is 0 Å². The van der Waals surface area contributed by atoms with Gasteiger partial charge in [0, 0.05) is 14.3 Å². The van der Waals surface area contributed by atoms with Gasteiger partial charge in [-0.2, -0.15) is 0 Å². The van der Waals surface area contributed by atoms with Crippen LogP contribution in [-0.4, -0.2) is 0 Å². The second kappa shape index (κ2) is 3.72. The van der Waals surface area contributed by atoms with Crippen LogP contribution in [0.4, 0.5) is 0 Å². The first-order chi connectivity index (χ1) is 8.81. The molecule has 1 aromatic heterocycles. The molecule has 0 bridgehead atoms. The van der Waals surface area contributed by atoms with Gasteiger partial charge in [-0.25, -0.2) is 0 Å². The molecule has 86 valence electrons. The predicted octanol–water partition coefficient (Wildman–Crippen LogP) is 5.34. The molecule has 0 unspecified atom stereocenters. The van der Waals surface area contributed by atoms with Crippen molar-refractivity contribution in [3.63, 3.8) is 0 Å². The van der Waals surface area contributed by atoms with Crippen molar-refractivity contribution in [3.05, 3.63) is 58.2 Å². The van der Waals surface area contributed by atoms with Crippen LogP contribution in [0.15, 0.2) is 59.0 Å². The predicted molar refractivity (Wildman–Crippen MR) is 83.9 cm³/mol. The zero-order chi connectivity index (χ0) is 12.1. The van der Waals surface area contributed by atoms with E-state index in [4.69, 9.17) is 4.42 Å². The molecule has 0 aliphatic heterocycles. The number of rotatable bonds is 0. The molecule has 18 heavy (non-hydrogen) atoms. The maximum Gasteiger partial charge on any atom is 0.136 e. The quantitative estimate of drug-likeness (QED) is 0.392. The van der Waals surface area contributed by atoms with Gasteiger partial charge >= 0.3 is 0 Å². The Morgan fingerprint density at radius 3 is 2.28 bits per heavy atom. The lowest BCUT2D eigenvalue weighted by Gasteiger charge is -1.96. The van der Waals surface area contributed by atoms with Crippen LogP contribution in [0.3, 0.4) is 0 Å². The molecule has 4 rings (SSSR count). The Bertz CT molecular complexity index is 889. The van der Waals surface area contributed by atoms with E-state index in [1.54, 1.807) is 0 Å². The first-order valence-corrected chi connectivity index (χ1v) is 6.90. The highest BCUT2D eigenvalue weighted by atomic mass is 127. The minimum absolute atomic E-state index is 0.959. The Hall–Kier alpha value is -1.55. The van der Waals surface area contributed by atoms with Crippen LogP contribution in [0, 0.1) is 3.57 Å². The van der Waals surface area contributed by atoms with Gasteiger partial charge in [0.2, 0.25) is 0 Å². The Labute approximate surface area is 118 Å². The first kappa shape index (κ1) is 10.4. The highest BCUT2D eigenvalue weighted by molar-refractivity contribution is 14.1. The van der Waals surface area contributed by atoms with E-state index >= 15 is 0 Å². The summed E-state index contributed by atoms with van der Waals surface area (Å²) in [5, 5.41) is 4.87. The third kappa shape index (κ3) is 1.45. The monoisotopic (exact) mass is 344 g/mol. The lowest BCUT2D eigenvalue weighted by atomic mass is 10.1. The van der Waals surface area contributed by atoms with Crippen molar-refractivity contribution in [2.75, 3.05) is 0 Å². The first-order valence-electron chi connectivity index (χ1n) is 5.82. The maximum absolute atomic E-state index is 5.91. The molecule has 0 aliphatic carbocycles. The van der Waals surface area contributed by atoms with Crippen molar-refractivity contribution < 1.29 is 4.42 Å². The summed E-state index contributed by atoms with van der Waals surface area (Å²) in [5.74, 6) is 0. The van der Waals surface area contributed by atoms with Crippen LogP contribution in [-0.2, 0) is 0 Å². The normalized spacial score (nSPS) is 11.6. The summed E-state index contributed by atoms with van der Waals surface area (Å²) in [4.78, 5) is 0. The fourth-order valence-corrected chi connectivity index (χ4v) is 2.93. The van der Waals surface area contributed by atoms with E-state index in [0.717, 1.165) is 11.2 Å². The standard InChI is InChI=1S/C16H9IO/c17-12-5-6-15-14(9-12)13-7-10-3-1-2-4-11(10)8-16(13)18-15/h1-9H. The van der Waals surface area contributed by atoms with E-state index in [0.29, 0.717) is 0 Å². The van der Waals surface area contributed by atoms with Crippen LogP contribution >= 0.6 is 22.6 Å². The minimum atomic E-state index is 0.959. The van der Waals surface area contributed by atoms with Gasteiger partial charge in [-0.05, 0) is 63.7 Å². The Morgan fingerprint density at radius 2 is 1.44 bits per heavy atom. The highest BCUT2D eigenvalue weighted by Gasteiger charge is 2.08. The molecule has 0 saturated heterocycles. The number of furan rings is 1. The summed E-state index contributed by atoms with van der Waals surface area (Å²) < 4.78 is 7.14. The van der Waals surface area contributed by atoms with Crippen LogP contribution in [0.2, 0.25) is 0 Å². The van der Waals surface area contributed by atoms with Crippen molar-refractivity contribution in [2.24, 2.45) is 0 Å². The molecule has 1 heterocycles. The molecular weight excluding hydrogens is 335 g/mol. The summed E-state index contributed by atoms with van der Waals surface area (Å²) in [6, 6.07) is 19.0. The van der Waals surface area contributed by atoms with Gasteiger partial charge in [-0.1, -0.05) is 24.3 Å². The van der Waals surface area contributed by atoms with E-state index in [1.165, 1.54) is 25.1 Å². The zero-order valence-electron chi connectivity index (χ0n) is 9.48. The number of hydrogen-bond donors (Lipinski definition) is 0. The van der Waals surface area contributed by atoms with Crippen molar-refractivity contribution >= 4 is 55.3 Å². The summed E-state index contributed by atoms with van der Waals surface area (Å²) in [6.45, 7) is 0. The van der Waals surface area contributed by atoms with Gasteiger partial charge in [-0.3, -0.25) is 0 Å². The van der Waals surface area contributed by atoms with Gasteiger partial charge in [0.1, 0.15) is 11.2 Å². The second-order valence-corrected chi connectivity index (χ2v) is 5.68.